The van der Waals surface area contributed by atoms with E-state index in [4.69, 9.17) is 11.6 Å². The number of aliphatic hydroxyl groups is 1. The Kier molecular flexibility index (Phi) is 4.15. The molecule has 2 aromatic rings. The summed E-state index contributed by atoms with van der Waals surface area (Å²) in [6.07, 6.45) is 1.52. The number of halogens is 2. The monoisotopic (exact) mass is 311 g/mol. The van der Waals surface area contributed by atoms with Gasteiger partial charge in [0, 0.05) is 33.4 Å². The average molecular weight is 313 g/mol. The van der Waals surface area contributed by atoms with Gasteiger partial charge in [-0.25, -0.2) is 0 Å². The van der Waals surface area contributed by atoms with Crippen molar-refractivity contribution in [2.75, 3.05) is 0 Å². The Bertz CT molecular complexity index is 504. The first-order valence-corrected chi connectivity index (χ1v) is 6.37. The number of hydrogen-bond donors (Lipinski definition) is 1. The van der Waals surface area contributed by atoms with E-state index in [2.05, 4.69) is 20.9 Å². The van der Waals surface area contributed by atoms with Gasteiger partial charge in [0.1, 0.15) is 0 Å². The van der Waals surface area contributed by atoms with Crippen LogP contribution in [0.3, 0.4) is 0 Å². The maximum Gasteiger partial charge on any atom is 0.0860 e. The molecule has 0 radical (unpaired) electrons. The van der Waals surface area contributed by atoms with Crippen LogP contribution in [-0.4, -0.2) is 10.1 Å². The van der Waals surface area contributed by atoms with Crippen LogP contribution in [0.2, 0.25) is 5.02 Å². The smallest absolute Gasteiger partial charge is 0.0860 e. The van der Waals surface area contributed by atoms with Gasteiger partial charge in [-0.3, -0.25) is 4.98 Å². The maximum absolute atomic E-state index is 10.1. The van der Waals surface area contributed by atoms with E-state index < -0.39 is 6.10 Å². The first-order valence-electron chi connectivity index (χ1n) is 5.20. The van der Waals surface area contributed by atoms with E-state index in [-0.39, 0.29) is 0 Å². The zero-order chi connectivity index (χ0) is 12.3. The van der Waals surface area contributed by atoms with Crippen LogP contribution >= 0.6 is 27.5 Å². The highest BCUT2D eigenvalue weighted by atomic mass is 79.9. The van der Waals surface area contributed by atoms with Crippen LogP contribution < -0.4 is 0 Å². The molecule has 1 atom stereocenters. The van der Waals surface area contributed by atoms with Gasteiger partial charge < -0.3 is 5.11 Å². The van der Waals surface area contributed by atoms with Crippen molar-refractivity contribution in [3.05, 3.63) is 63.3 Å². The van der Waals surface area contributed by atoms with Crippen molar-refractivity contribution >= 4 is 27.5 Å². The fourth-order valence-corrected chi connectivity index (χ4v) is 2.22. The summed E-state index contributed by atoms with van der Waals surface area (Å²) >= 11 is 9.42. The minimum atomic E-state index is -0.644. The molecule has 0 aliphatic carbocycles. The standard InChI is InChI=1S/C13H11BrClNO/c14-9-4-5-12(15)11(7-9)13(17)8-10-3-1-2-6-16-10/h1-7,13,17H,8H2. The molecule has 0 spiro atoms. The molecule has 0 saturated carbocycles. The normalized spacial score (nSPS) is 12.4. The molecule has 0 aliphatic heterocycles. The van der Waals surface area contributed by atoms with Gasteiger partial charge in [-0.15, -0.1) is 0 Å². The van der Waals surface area contributed by atoms with Crippen molar-refractivity contribution in [3.63, 3.8) is 0 Å². The Morgan fingerprint density at radius 1 is 1.29 bits per heavy atom. The van der Waals surface area contributed by atoms with Crippen LogP contribution in [0.4, 0.5) is 0 Å². The van der Waals surface area contributed by atoms with Crippen LogP contribution in [0.5, 0.6) is 0 Å². The number of pyridine rings is 1. The largest absolute Gasteiger partial charge is 0.388 e. The van der Waals surface area contributed by atoms with E-state index in [1.165, 1.54) is 0 Å². The lowest BCUT2D eigenvalue weighted by molar-refractivity contribution is 0.177. The second kappa shape index (κ2) is 5.63. The molecule has 0 saturated heterocycles. The fraction of sp³-hybridized carbons (Fsp3) is 0.154. The summed E-state index contributed by atoms with van der Waals surface area (Å²) in [7, 11) is 0. The summed E-state index contributed by atoms with van der Waals surface area (Å²) in [6.45, 7) is 0. The van der Waals surface area contributed by atoms with E-state index in [0.29, 0.717) is 17.0 Å². The third kappa shape index (κ3) is 3.28. The Morgan fingerprint density at radius 3 is 2.82 bits per heavy atom. The Balaban J connectivity index is 2.20. The minimum Gasteiger partial charge on any atom is -0.388 e. The van der Waals surface area contributed by atoms with Crippen molar-refractivity contribution in [2.45, 2.75) is 12.5 Å². The van der Waals surface area contributed by atoms with Crippen molar-refractivity contribution in [3.8, 4) is 0 Å². The zero-order valence-corrected chi connectivity index (χ0v) is 11.3. The van der Waals surface area contributed by atoms with E-state index in [0.717, 1.165) is 10.2 Å². The van der Waals surface area contributed by atoms with Crippen LogP contribution in [0, 0.1) is 0 Å². The number of benzene rings is 1. The maximum atomic E-state index is 10.1. The summed E-state index contributed by atoms with van der Waals surface area (Å²) < 4.78 is 0.900. The molecule has 2 nitrogen and oxygen atoms in total. The molecule has 2 rings (SSSR count). The molecule has 4 heteroatoms. The summed E-state index contributed by atoms with van der Waals surface area (Å²) in [4.78, 5) is 4.18. The molecule has 1 aromatic heterocycles. The molecule has 1 aromatic carbocycles. The summed E-state index contributed by atoms with van der Waals surface area (Å²) in [5, 5.41) is 10.7. The molecule has 88 valence electrons. The third-order valence-electron chi connectivity index (χ3n) is 2.45. The molecule has 1 N–H and O–H groups in total. The van der Waals surface area contributed by atoms with Crippen molar-refractivity contribution in [1.29, 1.82) is 0 Å². The van der Waals surface area contributed by atoms with Crippen LogP contribution in [-0.2, 0) is 6.42 Å². The van der Waals surface area contributed by atoms with Gasteiger partial charge in [-0.05, 0) is 30.3 Å². The molecule has 17 heavy (non-hydrogen) atoms. The summed E-state index contributed by atoms with van der Waals surface area (Å²) in [6, 6.07) is 11.1. The topological polar surface area (TPSA) is 33.1 Å². The second-order valence-electron chi connectivity index (χ2n) is 3.71. The van der Waals surface area contributed by atoms with Crippen molar-refractivity contribution in [1.82, 2.24) is 4.98 Å². The first kappa shape index (κ1) is 12.6. The number of rotatable bonds is 3. The lowest BCUT2D eigenvalue weighted by Crippen LogP contribution is -2.03. The molecule has 1 unspecified atom stereocenters. The molecular weight excluding hydrogens is 302 g/mol. The Hall–Kier alpha value is -0.900. The molecule has 1 heterocycles. The quantitative estimate of drug-likeness (QED) is 0.936. The average Bonchev–Trinajstić information content (AvgIpc) is 2.33. The van der Waals surface area contributed by atoms with Crippen LogP contribution in [0.15, 0.2) is 47.1 Å². The van der Waals surface area contributed by atoms with Crippen LogP contribution in [0.1, 0.15) is 17.4 Å². The molecule has 0 bridgehead atoms. The summed E-state index contributed by atoms with van der Waals surface area (Å²) in [5.41, 5.74) is 1.56. The highest BCUT2D eigenvalue weighted by molar-refractivity contribution is 9.10. The van der Waals surface area contributed by atoms with E-state index >= 15 is 0 Å². The molecule has 0 aliphatic rings. The number of nitrogens with zero attached hydrogens (tertiary/aromatic N) is 1. The minimum absolute atomic E-state index is 0.455. The summed E-state index contributed by atoms with van der Waals surface area (Å²) in [5.74, 6) is 0. The van der Waals surface area contributed by atoms with Gasteiger partial charge in [0.2, 0.25) is 0 Å². The number of hydrogen-bond acceptors (Lipinski definition) is 2. The predicted octanol–water partition coefficient (Wildman–Crippen LogP) is 3.77. The Morgan fingerprint density at radius 2 is 2.12 bits per heavy atom. The number of aromatic nitrogens is 1. The third-order valence-corrected chi connectivity index (χ3v) is 3.28. The van der Waals surface area contributed by atoms with Gasteiger partial charge >= 0.3 is 0 Å². The second-order valence-corrected chi connectivity index (χ2v) is 5.03. The van der Waals surface area contributed by atoms with Crippen molar-refractivity contribution < 1.29 is 5.11 Å². The predicted molar refractivity (Wildman–Crippen MR) is 72.1 cm³/mol. The highest BCUT2D eigenvalue weighted by Crippen LogP contribution is 2.28. The van der Waals surface area contributed by atoms with Gasteiger partial charge in [-0.1, -0.05) is 33.6 Å². The molecule has 0 amide bonds. The fourth-order valence-electron chi connectivity index (χ4n) is 1.60. The van der Waals surface area contributed by atoms with Gasteiger partial charge in [-0.2, -0.15) is 0 Å². The SMILES string of the molecule is OC(Cc1ccccn1)c1cc(Br)ccc1Cl. The van der Waals surface area contributed by atoms with Crippen molar-refractivity contribution in [2.24, 2.45) is 0 Å². The highest BCUT2D eigenvalue weighted by Gasteiger charge is 2.13. The van der Waals surface area contributed by atoms with E-state index in [9.17, 15) is 5.11 Å². The van der Waals surface area contributed by atoms with E-state index in [1.807, 2.05) is 30.3 Å². The molecular formula is C13H11BrClNO. The van der Waals surface area contributed by atoms with Crippen LogP contribution in [0.25, 0.3) is 0 Å². The zero-order valence-electron chi connectivity index (χ0n) is 8.98. The van der Waals surface area contributed by atoms with Gasteiger partial charge in [0.25, 0.3) is 0 Å². The van der Waals surface area contributed by atoms with E-state index in [1.54, 1.807) is 12.3 Å². The first-order chi connectivity index (χ1) is 8.16. The van der Waals surface area contributed by atoms with Gasteiger partial charge in [0.15, 0.2) is 0 Å². The molecule has 0 fully saturated rings. The Labute approximate surface area is 113 Å². The van der Waals surface area contributed by atoms with Gasteiger partial charge in [0.05, 0.1) is 6.10 Å². The lowest BCUT2D eigenvalue weighted by Gasteiger charge is -2.12. The lowest BCUT2D eigenvalue weighted by atomic mass is 10.0. The number of aliphatic hydroxyl groups excluding tert-OH is 1.